The minimum Gasteiger partial charge on any atom is -0.322 e. The van der Waals surface area contributed by atoms with E-state index in [0.29, 0.717) is 12.6 Å². The highest BCUT2D eigenvalue weighted by molar-refractivity contribution is 5.78. The van der Waals surface area contributed by atoms with Crippen molar-refractivity contribution in [3.05, 3.63) is 64.2 Å². The van der Waals surface area contributed by atoms with E-state index in [2.05, 4.69) is 32.8 Å². The van der Waals surface area contributed by atoms with Crippen LogP contribution in [0.3, 0.4) is 0 Å². The lowest BCUT2D eigenvalue weighted by molar-refractivity contribution is 0.162. The van der Waals surface area contributed by atoms with E-state index in [9.17, 15) is 4.79 Å². The van der Waals surface area contributed by atoms with E-state index < -0.39 is 0 Å². The summed E-state index contributed by atoms with van der Waals surface area (Å²) in [5, 5.41) is 5.55. The fraction of sp³-hybridized carbons (Fsp3) is 0.368. The van der Waals surface area contributed by atoms with Crippen molar-refractivity contribution in [2.75, 3.05) is 13.1 Å². The molecule has 1 saturated heterocycles. The molecule has 1 aliphatic rings. The monoisotopic (exact) mass is 322 g/mol. The molecule has 4 rings (SSSR count). The number of para-hydroxylation sites is 1. The minimum absolute atomic E-state index is 0.0192. The number of pyridine rings is 1. The van der Waals surface area contributed by atoms with Gasteiger partial charge in [0, 0.05) is 30.4 Å². The van der Waals surface area contributed by atoms with E-state index in [0.717, 1.165) is 42.4 Å². The third-order valence-electron chi connectivity index (χ3n) is 4.81. The van der Waals surface area contributed by atoms with Crippen LogP contribution >= 0.6 is 0 Å². The Kier molecular flexibility index (Phi) is 3.94. The van der Waals surface area contributed by atoms with Gasteiger partial charge in [0.1, 0.15) is 0 Å². The second-order valence-corrected chi connectivity index (χ2v) is 6.74. The van der Waals surface area contributed by atoms with Crippen LogP contribution in [0.2, 0.25) is 0 Å². The van der Waals surface area contributed by atoms with Gasteiger partial charge in [-0.25, -0.2) is 0 Å². The lowest BCUT2D eigenvalue weighted by atomic mass is 10.0. The van der Waals surface area contributed by atoms with Crippen LogP contribution < -0.4 is 5.56 Å². The number of nitrogens with zero attached hydrogens (tertiary/aromatic N) is 3. The number of aromatic nitrogens is 3. The molecule has 1 fully saturated rings. The first kappa shape index (κ1) is 15.1. The van der Waals surface area contributed by atoms with Gasteiger partial charge in [-0.05, 0) is 49.4 Å². The van der Waals surface area contributed by atoms with Crippen LogP contribution in [0.25, 0.3) is 10.9 Å². The fourth-order valence-electron chi connectivity index (χ4n) is 3.57. The number of nitrogens with one attached hydrogen (secondary N) is 1. The van der Waals surface area contributed by atoms with Gasteiger partial charge in [0.15, 0.2) is 0 Å². The maximum Gasteiger partial charge on any atom is 0.252 e. The summed E-state index contributed by atoms with van der Waals surface area (Å²) in [6, 6.07) is 10.3. The molecule has 1 aromatic carbocycles. The molecule has 0 spiro atoms. The van der Waals surface area contributed by atoms with E-state index in [1.54, 1.807) is 0 Å². The van der Waals surface area contributed by atoms with Gasteiger partial charge in [-0.1, -0.05) is 18.2 Å². The Morgan fingerprint density at radius 3 is 3.04 bits per heavy atom. The van der Waals surface area contributed by atoms with Crippen molar-refractivity contribution in [3.8, 4) is 0 Å². The lowest BCUT2D eigenvalue weighted by Crippen LogP contribution is -2.37. The van der Waals surface area contributed by atoms with E-state index in [1.165, 1.54) is 5.56 Å². The van der Waals surface area contributed by atoms with Crippen molar-refractivity contribution in [1.29, 1.82) is 0 Å². The zero-order chi connectivity index (χ0) is 16.5. The summed E-state index contributed by atoms with van der Waals surface area (Å²) >= 11 is 0. The number of hydrogen-bond acceptors (Lipinski definition) is 3. The highest BCUT2D eigenvalue weighted by Crippen LogP contribution is 2.22. The minimum atomic E-state index is 0.0192. The van der Waals surface area contributed by atoms with E-state index in [1.807, 2.05) is 36.5 Å². The smallest absolute Gasteiger partial charge is 0.252 e. The summed E-state index contributed by atoms with van der Waals surface area (Å²) in [6.45, 7) is 4.73. The molecule has 1 aliphatic heterocycles. The highest BCUT2D eigenvalue weighted by Gasteiger charge is 2.22. The summed E-state index contributed by atoms with van der Waals surface area (Å²) in [5.74, 6) is 0. The topological polar surface area (TPSA) is 53.9 Å². The van der Waals surface area contributed by atoms with Gasteiger partial charge in [0.25, 0.3) is 5.56 Å². The third kappa shape index (κ3) is 2.99. The molecule has 24 heavy (non-hydrogen) atoms. The molecule has 5 nitrogen and oxygen atoms in total. The lowest BCUT2D eigenvalue weighted by Gasteiger charge is -2.32. The molecule has 2 aromatic heterocycles. The molecule has 0 bridgehead atoms. The van der Waals surface area contributed by atoms with Crippen LogP contribution in [0.1, 0.15) is 30.0 Å². The zero-order valence-electron chi connectivity index (χ0n) is 13.9. The first-order valence-corrected chi connectivity index (χ1v) is 8.53. The van der Waals surface area contributed by atoms with Gasteiger partial charge in [-0.3, -0.25) is 14.4 Å². The molecule has 3 heterocycles. The molecule has 0 amide bonds. The summed E-state index contributed by atoms with van der Waals surface area (Å²) in [5.41, 5.74) is 2.95. The predicted molar refractivity (Wildman–Crippen MR) is 95.1 cm³/mol. The van der Waals surface area contributed by atoms with Crippen molar-refractivity contribution in [2.24, 2.45) is 0 Å². The average molecular weight is 322 g/mol. The van der Waals surface area contributed by atoms with Gasteiger partial charge >= 0.3 is 0 Å². The van der Waals surface area contributed by atoms with E-state index in [4.69, 9.17) is 0 Å². The molecule has 0 radical (unpaired) electrons. The fourth-order valence-corrected chi connectivity index (χ4v) is 3.57. The average Bonchev–Trinajstić information content (AvgIpc) is 3.02. The zero-order valence-corrected chi connectivity index (χ0v) is 13.9. The standard InChI is InChI=1S/C19H22N4O/c1-14-10-20-23(11-14)17-6-4-8-22(13-17)12-16-9-15-5-2-3-7-18(15)21-19(16)24/h2-3,5,7,9-11,17H,4,6,8,12-13H2,1H3,(H,21,24)/t17-/m0/s1. The second kappa shape index (κ2) is 6.24. The molecule has 5 heteroatoms. The van der Waals surface area contributed by atoms with Gasteiger partial charge in [-0.2, -0.15) is 5.10 Å². The Bertz CT molecular complexity index is 911. The van der Waals surface area contributed by atoms with Gasteiger partial charge in [-0.15, -0.1) is 0 Å². The third-order valence-corrected chi connectivity index (χ3v) is 4.81. The number of H-pyrrole nitrogens is 1. The van der Waals surface area contributed by atoms with Crippen molar-refractivity contribution in [1.82, 2.24) is 19.7 Å². The Labute approximate surface area is 140 Å². The molecule has 124 valence electrons. The molecule has 0 aliphatic carbocycles. The summed E-state index contributed by atoms with van der Waals surface area (Å²) < 4.78 is 2.08. The largest absolute Gasteiger partial charge is 0.322 e. The number of likely N-dealkylation sites (tertiary alicyclic amines) is 1. The van der Waals surface area contributed by atoms with Crippen LogP contribution in [0, 0.1) is 6.92 Å². The van der Waals surface area contributed by atoms with Crippen molar-refractivity contribution >= 4 is 10.9 Å². The molecule has 0 saturated carbocycles. The number of hydrogen-bond donors (Lipinski definition) is 1. The Hall–Kier alpha value is -2.40. The number of benzene rings is 1. The Morgan fingerprint density at radius 2 is 2.21 bits per heavy atom. The molecular formula is C19H22N4O. The van der Waals surface area contributed by atoms with Crippen molar-refractivity contribution in [3.63, 3.8) is 0 Å². The number of aryl methyl sites for hydroxylation is 1. The van der Waals surface area contributed by atoms with Crippen LogP contribution in [0.5, 0.6) is 0 Å². The summed E-state index contributed by atoms with van der Waals surface area (Å²) in [4.78, 5) is 17.7. The number of piperidine rings is 1. The first-order chi connectivity index (χ1) is 11.7. The van der Waals surface area contributed by atoms with Crippen molar-refractivity contribution < 1.29 is 0 Å². The second-order valence-electron chi connectivity index (χ2n) is 6.74. The van der Waals surface area contributed by atoms with Gasteiger partial charge < -0.3 is 4.98 Å². The first-order valence-electron chi connectivity index (χ1n) is 8.53. The Balaban J connectivity index is 1.54. The normalized spacial score (nSPS) is 19.0. The van der Waals surface area contributed by atoms with E-state index in [-0.39, 0.29) is 5.56 Å². The SMILES string of the molecule is Cc1cnn([C@H]2CCCN(Cc3cc4ccccc4[nH]c3=O)C2)c1. The molecule has 1 N–H and O–H groups in total. The maximum absolute atomic E-state index is 12.4. The van der Waals surface area contributed by atoms with Crippen molar-refractivity contribution in [2.45, 2.75) is 32.4 Å². The predicted octanol–water partition coefficient (Wildman–Crippen LogP) is 2.87. The molecular weight excluding hydrogens is 300 g/mol. The van der Waals surface area contributed by atoms with E-state index >= 15 is 0 Å². The molecule has 3 aromatic rings. The summed E-state index contributed by atoms with van der Waals surface area (Å²) in [7, 11) is 0. The van der Waals surface area contributed by atoms with Crippen LogP contribution in [0.4, 0.5) is 0 Å². The number of rotatable bonds is 3. The number of aromatic amines is 1. The van der Waals surface area contributed by atoms with Crippen LogP contribution in [-0.4, -0.2) is 32.8 Å². The van der Waals surface area contributed by atoms with Gasteiger partial charge in [0.05, 0.1) is 12.2 Å². The summed E-state index contributed by atoms with van der Waals surface area (Å²) in [6.07, 6.45) is 6.30. The van der Waals surface area contributed by atoms with Gasteiger partial charge in [0.2, 0.25) is 0 Å². The van der Waals surface area contributed by atoms with Crippen LogP contribution in [-0.2, 0) is 6.54 Å². The Morgan fingerprint density at radius 1 is 1.33 bits per heavy atom. The molecule has 0 unspecified atom stereocenters. The maximum atomic E-state index is 12.4. The quantitative estimate of drug-likeness (QED) is 0.807. The molecule has 1 atom stereocenters. The number of fused-ring (bicyclic) bond motifs is 1. The highest BCUT2D eigenvalue weighted by atomic mass is 16.1. The van der Waals surface area contributed by atoms with Crippen LogP contribution in [0.15, 0.2) is 47.5 Å².